The van der Waals surface area contributed by atoms with Crippen LogP contribution in [0.15, 0.2) is 156 Å². The van der Waals surface area contributed by atoms with Gasteiger partial charge >= 0.3 is 46.6 Å². The minimum atomic E-state index is -0.332. The summed E-state index contributed by atoms with van der Waals surface area (Å²) < 4.78 is 29.3. The number of hydrogen-bond donors (Lipinski definition) is 20. The van der Waals surface area contributed by atoms with E-state index in [0.29, 0.717) is 164 Å². The summed E-state index contributed by atoms with van der Waals surface area (Å²) in [5.41, 5.74) is 66.9. The van der Waals surface area contributed by atoms with Gasteiger partial charge in [-0.2, -0.15) is 19.9 Å². The number of guanidine groups is 4. The summed E-state index contributed by atoms with van der Waals surface area (Å²) in [7, 11) is 0. The van der Waals surface area contributed by atoms with Crippen LogP contribution >= 0.6 is 47.0 Å². The third kappa shape index (κ3) is 21.6. The maximum atomic E-state index is 12.4. The van der Waals surface area contributed by atoms with Crippen LogP contribution in [0.4, 0.5) is 46.0 Å². The van der Waals surface area contributed by atoms with Crippen LogP contribution < -0.4 is 152 Å². The van der Waals surface area contributed by atoms with Crippen LogP contribution in [-0.4, -0.2) is 141 Å². The summed E-state index contributed by atoms with van der Waals surface area (Å²) in [5, 5.41) is 12.8. The van der Waals surface area contributed by atoms with E-state index in [0.717, 1.165) is 74.8 Å². The van der Waals surface area contributed by atoms with Crippen LogP contribution in [0.5, 0.6) is 23.0 Å². The van der Waals surface area contributed by atoms with Crippen molar-refractivity contribution in [2.45, 2.75) is 91.0 Å². The molecule has 0 atom stereocenters. The summed E-state index contributed by atoms with van der Waals surface area (Å²) in [4.78, 5) is 84.3. The van der Waals surface area contributed by atoms with E-state index in [1.54, 1.807) is 59.8 Å². The zero-order valence-corrected chi connectivity index (χ0v) is 60.1. The number of nitrogens with two attached hydrogens (primary N) is 12. The molecular weight excluding hydrogens is 1420 g/mol. The molecule has 0 saturated heterocycles. The summed E-state index contributed by atoms with van der Waals surface area (Å²) in [5.74, 6) is 5.50. The summed E-state index contributed by atoms with van der Waals surface area (Å²) >= 11 is 6.17. The van der Waals surface area contributed by atoms with Gasteiger partial charge in [0.1, 0.15) is 49.4 Å². The number of rotatable bonds is 28. The molecule has 104 heavy (non-hydrogen) atoms. The molecule has 0 unspecified atom stereocenters. The van der Waals surface area contributed by atoms with Gasteiger partial charge in [0.25, 0.3) is 0 Å². The van der Waals surface area contributed by atoms with Crippen LogP contribution in [0.2, 0.25) is 0 Å². The van der Waals surface area contributed by atoms with Crippen molar-refractivity contribution in [2.75, 3.05) is 100 Å². The van der Waals surface area contributed by atoms with Gasteiger partial charge in [0.2, 0.25) is 0 Å². The van der Waals surface area contributed by atoms with Crippen molar-refractivity contribution in [3.05, 3.63) is 140 Å². The molecule has 0 fully saturated rings. The molecule has 0 saturated carbocycles. The lowest BCUT2D eigenvalue weighted by molar-refractivity contribution is -0.461. The Balaban J connectivity index is 0.000000161. The largest absolute Gasteiger partial charge is 0.490 e. The van der Waals surface area contributed by atoms with E-state index in [1.807, 2.05) is 91.4 Å². The normalized spacial score (nSPS) is 11.9. The fraction of sp³-hybridized carbons (Fsp3) is 0.312. The molecule has 36 nitrogen and oxygen atoms in total. The van der Waals surface area contributed by atoms with E-state index in [2.05, 4.69) is 61.2 Å². The minimum absolute atomic E-state index is 0.146. The van der Waals surface area contributed by atoms with E-state index in [-0.39, 0.29) is 46.6 Å². The second-order valence-corrected chi connectivity index (χ2v) is 27.0. The van der Waals surface area contributed by atoms with Crippen molar-refractivity contribution in [2.24, 2.45) is 68.8 Å². The van der Waals surface area contributed by atoms with Crippen LogP contribution in [0.25, 0.3) is 0 Å². The van der Waals surface area contributed by atoms with Crippen molar-refractivity contribution in [1.29, 1.82) is 0 Å². The van der Waals surface area contributed by atoms with E-state index in [9.17, 15) is 19.2 Å². The first kappa shape index (κ1) is 77.3. The monoisotopic (exact) mass is 1500 g/mol. The molecule has 0 bridgehead atoms. The lowest BCUT2D eigenvalue weighted by Crippen LogP contribution is -2.79. The highest BCUT2D eigenvalue weighted by molar-refractivity contribution is 8.00. The number of nitrogens with one attached hydrogen (secondary N) is 8. The summed E-state index contributed by atoms with van der Waals surface area (Å²) in [6.45, 7) is 7.83. The number of hydrogen-bond acceptors (Lipinski definition) is 24. The van der Waals surface area contributed by atoms with Gasteiger partial charge in [-0.3, -0.25) is 84.1 Å². The van der Waals surface area contributed by atoms with Crippen LogP contribution in [0.3, 0.4) is 0 Å². The van der Waals surface area contributed by atoms with E-state index in [1.165, 1.54) is 11.8 Å². The molecule has 4 aliphatic rings. The molecule has 0 amide bonds. The Labute approximate surface area is 613 Å². The number of anilines is 8. The first-order valence-electron chi connectivity index (χ1n) is 32.9. The van der Waals surface area contributed by atoms with Gasteiger partial charge < -0.3 is 63.1 Å². The molecule has 8 aromatic rings. The molecule has 552 valence electrons. The first-order chi connectivity index (χ1) is 50.3. The van der Waals surface area contributed by atoms with Crippen LogP contribution in [0, 0.1) is 0 Å². The molecule has 4 aromatic carbocycles. The maximum absolute atomic E-state index is 12.4. The Morgan fingerprint density at radius 2 is 0.587 bits per heavy atom. The summed E-state index contributed by atoms with van der Waals surface area (Å²) in [6, 6.07) is 23.1. The fourth-order valence-corrected chi connectivity index (χ4v) is 14.1. The van der Waals surface area contributed by atoms with Crippen molar-refractivity contribution in [3.63, 3.8) is 0 Å². The van der Waals surface area contributed by atoms with Gasteiger partial charge in [0.05, 0.1) is 68.5 Å². The lowest BCUT2D eigenvalue weighted by atomic mass is 10.3. The highest BCUT2D eigenvalue weighted by Crippen LogP contribution is 2.50. The number of benzene rings is 4. The van der Waals surface area contributed by atoms with Crippen LogP contribution in [0.1, 0.15) is 25.7 Å². The number of para-hydroxylation sites is 4. The van der Waals surface area contributed by atoms with Crippen molar-refractivity contribution < 1.29 is 38.9 Å². The summed E-state index contributed by atoms with van der Waals surface area (Å²) in [6.07, 6.45) is 10.1. The minimum Gasteiger partial charge on any atom is -0.490 e. The van der Waals surface area contributed by atoms with E-state index >= 15 is 0 Å². The number of ether oxygens (including phenoxy) is 4. The predicted octanol–water partition coefficient (Wildman–Crippen LogP) is -5.87. The van der Waals surface area contributed by atoms with Gasteiger partial charge in [0, 0.05) is 83.6 Å². The standard InChI is InChI=1S/C17H23N9O2S.2C16H21N7O2S.C15H19N5O2S/c18-15(19)22-5-2-7-26-9-12-14(25-17(26)27)24-13-10(3-1-4-11(13)29-12)28-8-6-23-16(20)21;17-5-8-25-10-3-1-4-11-13(10)21-14-12(26-11)9-23(16(24)22-14)7-2-6-20-15(18)19;17-5-2-7-23-9-12-14(22-16(23)24)21-13-10(3-1-4-11(13)26-12)25-8-6-20-15(18)19;16-5-2-7-20-9-12-14(19-15(20)21)18-13-10(22-8-6-17)3-1-4-11(13)23-12/h1,3-4,9H,2,5-8H2,(H4,18,19,22)(H4,20,21,23)(H,24,25,27);2*1,3-4,9H,2,5-8,17H2,(H4,18,19,20)(H,21,22,24);1,3-4,9H,2,5-8,16-17H2,(H,18,19,21)/p+4. The molecule has 8 heterocycles. The van der Waals surface area contributed by atoms with Crippen molar-refractivity contribution in [1.82, 2.24) is 38.2 Å². The maximum Gasteiger partial charge on any atom is 0.349 e. The number of nitrogens with zero attached hydrogens (tertiary/aromatic N) is 8. The highest BCUT2D eigenvalue weighted by Gasteiger charge is 2.27. The van der Waals surface area contributed by atoms with Crippen LogP contribution in [-0.2, 0) is 26.2 Å². The first-order valence-corrected chi connectivity index (χ1v) is 36.2. The van der Waals surface area contributed by atoms with Gasteiger partial charge in [-0.25, -0.2) is 19.2 Å². The van der Waals surface area contributed by atoms with Gasteiger partial charge in [-0.05, 0) is 87.3 Å². The third-order valence-corrected chi connectivity index (χ3v) is 19.1. The average Bonchev–Trinajstić information content (AvgIpc) is 0.800. The molecule has 40 heteroatoms. The Morgan fingerprint density at radius 1 is 0.337 bits per heavy atom. The SMILES string of the molecule is NC(N)=[NH+]CCCn1cc2c(nc1=O)Nc1c(OCC[NH+]=C(N)N)cccc1S2.NCCCn1cc2c(nc1=O)Nc1c(OCCN)cccc1S2.NCCCn1cc2c(nc1=O)Nc1c(OCC[NH+]=C(N)N)cccc1S2.NCCOc1cccc2c1Nc1nc(=O)n(CCC[NH+]=C(N)N)cc1S2. The molecule has 4 aliphatic heterocycles. The molecule has 0 spiro atoms. The fourth-order valence-electron chi connectivity index (χ4n) is 10.0. The molecule has 12 rings (SSSR count). The number of aryl methyl sites for hydroxylation is 4. The molecule has 0 aliphatic carbocycles. The van der Waals surface area contributed by atoms with Gasteiger partial charge in [0.15, 0.2) is 23.3 Å². The third-order valence-electron chi connectivity index (χ3n) is 14.8. The molecule has 0 radical (unpaired) electrons. The Bertz CT molecular complexity index is 4670. The second-order valence-electron chi connectivity index (χ2n) is 22.6. The Morgan fingerprint density at radius 3 is 0.837 bits per heavy atom. The van der Waals surface area contributed by atoms with Gasteiger partial charge in [-0.15, -0.1) is 0 Å². The molecular formula is C64H88N28O8S4+4. The van der Waals surface area contributed by atoms with Crippen molar-refractivity contribution in [3.8, 4) is 23.0 Å². The predicted molar refractivity (Wildman–Crippen MR) is 403 cm³/mol. The lowest BCUT2D eigenvalue weighted by Gasteiger charge is -2.22. The highest BCUT2D eigenvalue weighted by atomic mass is 32.2. The van der Waals surface area contributed by atoms with E-state index < -0.39 is 0 Å². The average molecular weight is 1510 g/mol. The Kier molecular flexibility index (Phi) is 28.5. The van der Waals surface area contributed by atoms with Gasteiger partial charge in [-0.1, -0.05) is 71.3 Å². The molecule has 4 aromatic heterocycles. The molecule has 32 N–H and O–H groups in total. The van der Waals surface area contributed by atoms with Crippen molar-refractivity contribution >= 4 is 117 Å². The quantitative estimate of drug-likeness (QED) is 0.0123. The smallest absolute Gasteiger partial charge is 0.349 e. The Hall–Kier alpha value is -10.9. The zero-order chi connectivity index (χ0) is 74.1. The number of fused-ring (bicyclic) bond motifs is 8. The number of aromatic nitrogens is 8. The zero-order valence-electron chi connectivity index (χ0n) is 56.8. The topological polar surface area (TPSA) is 593 Å². The van der Waals surface area contributed by atoms with E-state index in [4.69, 9.17) is 87.8 Å². The second kappa shape index (κ2) is 38.4.